The smallest absolute Gasteiger partial charge is 0.308 e. The zero-order valence-electron chi connectivity index (χ0n) is 7.45. The van der Waals surface area contributed by atoms with Crippen LogP contribution < -0.4 is 11.3 Å². The summed E-state index contributed by atoms with van der Waals surface area (Å²) < 4.78 is 73.5. The van der Waals surface area contributed by atoms with E-state index in [0.717, 1.165) is 0 Å². The van der Waals surface area contributed by atoms with Gasteiger partial charge in [-0.25, -0.2) is 10.8 Å². The maximum Gasteiger partial charge on any atom is 0.434 e. The number of pyridine rings is 1. The molecule has 0 amide bonds. The van der Waals surface area contributed by atoms with E-state index in [9.17, 15) is 26.3 Å². The van der Waals surface area contributed by atoms with Crippen LogP contribution in [0, 0.1) is 0 Å². The summed E-state index contributed by atoms with van der Waals surface area (Å²) in [6.45, 7) is 0. The summed E-state index contributed by atoms with van der Waals surface area (Å²) in [6, 6.07) is 0.975. The lowest BCUT2D eigenvalue weighted by atomic mass is 10.2. The monoisotopic (exact) mass is 245 g/mol. The first kappa shape index (κ1) is 12.6. The maximum absolute atomic E-state index is 12.3. The molecular formula is C7H5F6N3. The van der Waals surface area contributed by atoms with E-state index in [1.807, 2.05) is 0 Å². The van der Waals surface area contributed by atoms with Crippen molar-refractivity contribution in [3.63, 3.8) is 0 Å². The van der Waals surface area contributed by atoms with Gasteiger partial charge in [-0.05, 0) is 12.1 Å². The van der Waals surface area contributed by atoms with Crippen molar-refractivity contribution >= 4 is 5.82 Å². The van der Waals surface area contributed by atoms with Gasteiger partial charge in [0.2, 0.25) is 0 Å². The second-order valence-corrected chi connectivity index (χ2v) is 2.73. The molecular weight excluding hydrogens is 240 g/mol. The van der Waals surface area contributed by atoms with Gasteiger partial charge in [0.25, 0.3) is 0 Å². The highest BCUT2D eigenvalue weighted by Crippen LogP contribution is 2.39. The third-order valence-corrected chi connectivity index (χ3v) is 1.62. The van der Waals surface area contributed by atoms with E-state index in [4.69, 9.17) is 5.84 Å². The molecule has 0 aromatic carbocycles. The fourth-order valence-corrected chi connectivity index (χ4v) is 0.984. The Labute approximate surface area is 85.2 Å². The van der Waals surface area contributed by atoms with Crippen molar-refractivity contribution in [2.75, 3.05) is 5.43 Å². The molecule has 0 saturated carbocycles. The van der Waals surface area contributed by atoms with Gasteiger partial charge in [0, 0.05) is 0 Å². The molecule has 0 atom stereocenters. The van der Waals surface area contributed by atoms with Crippen LogP contribution in [-0.4, -0.2) is 4.98 Å². The molecule has 1 heterocycles. The normalized spacial score (nSPS) is 12.7. The van der Waals surface area contributed by atoms with Gasteiger partial charge in [-0.15, -0.1) is 0 Å². The number of nitrogen functional groups attached to an aromatic ring is 1. The fraction of sp³-hybridized carbons (Fsp3) is 0.286. The molecule has 1 aromatic rings. The van der Waals surface area contributed by atoms with Gasteiger partial charge in [-0.2, -0.15) is 26.3 Å². The first-order valence-electron chi connectivity index (χ1n) is 3.78. The van der Waals surface area contributed by atoms with Gasteiger partial charge in [-0.1, -0.05) is 0 Å². The molecule has 1 rings (SSSR count). The molecule has 16 heavy (non-hydrogen) atoms. The van der Waals surface area contributed by atoms with Crippen molar-refractivity contribution < 1.29 is 26.3 Å². The number of hydrogen-bond donors (Lipinski definition) is 2. The Morgan fingerprint density at radius 3 is 1.94 bits per heavy atom. The highest BCUT2D eigenvalue weighted by Gasteiger charge is 2.44. The zero-order chi connectivity index (χ0) is 12.6. The highest BCUT2D eigenvalue weighted by molar-refractivity contribution is 5.39. The third kappa shape index (κ3) is 2.54. The molecule has 0 unspecified atom stereocenters. The molecule has 3 N–H and O–H groups in total. The number of aromatic nitrogens is 1. The highest BCUT2D eigenvalue weighted by atomic mass is 19.4. The third-order valence-electron chi connectivity index (χ3n) is 1.62. The lowest BCUT2D eigenvalue weighted by molar-refractivity contribution is -0.164. The molecule has 0 aliphatic heterocycles. The van der Waals surface area contributed by atoms with Gasteiger partial charge in [0.1, 0.15) is 5.82 Å². The topological polar surface area (TPSA) is 50.9 Å². The van der Waals surface area contributed by atoms with Crippen LogP contribution in [0.1, 0.15) is 11.3 Å². The summed E-state index contributed by atoms with van der Waals surface area (Å²) in [7, 11) is 0. The second kappa shape index (κ2) is 3.81. The van der Waals surface area contributed by atoms with Gasteiger partial charge in [-0.3, -0.25) is 0 Å². The minimum atomic E-state index is -5.20. The van der Waals surface area contributed by atoms with Crippen molar-refractivity contribution in [2.45, 2.75) is 12.4 Å². The number of hydrazine groups is 1. The van der Waals surface area contributed by atoms with E-state index < -0.39 is 29.4 Å². The number of anilines is 1. The number of alkyl halides is 6. The predicted octanol–water partition coefficient (Wildman–Crippen LogP) is 2.40. The molecule has 0 spiro atoms. The van der Waals surface area contributed by atoms with E-state index in [2.05, 4.69) is 4.98 Å². The molecule has 9 heteroatoms. The van der Waals surface area contributed by atoms with Crippen LogP contribution in [-0.2, 0) is 12.4 Å². The van der Waals surface area contributed by atoms with Crippen LogP contribution in [0.15, 0.2) is 12.1 Å². The summed E-state index contributed by atoms with van der Waals surface area (Å²) in [4.78, 5) is 2.75. The summed E-state index contributed by atoms with van der Waals surface area (Å²) in [6.07, 6.45) is -10.3. The fourth-order valence-electron chi connectivity index (χ4n) is 0.984. The summed E-state index contributed by atoms with van der Waals surface area (Å²) in [5.74, 6) is 4.26. The molecule has 1 aromatic heterocycles. The average molecular weight is 245 g/mol. The minimum Gasteiger partial charge on any atom is -0.308 e. The van der Waals surface area contributed by atoms with Crippen LogP contribution in [0.5, 0.6) is 0 Å². The maximum atomic E-state index is 12.3. The first-order valence-corrected chi connectivity index (χ1v) is 3.78. The number of hydrogen-bond acceptors (Lipinski definition) is 3. The molecule has 0 bridgehead atoms. The number of nitrogens with two attached hydrogens (primary N) is 1. The standard InChI is InChI=1S/C7H5F6N3/c8-6(9,10)3-1-2-4(16-14)15-5(3)7(11,12)13/h1-2H,14H2,(H,15,16). The van der Waals surface area contributed by atoms with Crippen molar-refractivity contribution in [1.82, 2.24) is 4.98 Å². The molecule has 0 aliphatic carbocycles. The summed E-state index contributed by atoms with van der Waals surface area (Å²) >= 11 is 0. The lowest BCUT2D eigenvalue weighted by Gasteiger charge is -2.15. The van der Waals surface area contributed by atoms with Crippen molar-refractivity contribution in [1.29, 1.82) is 0 Å². The van der Waals surface area contributed by atoms with Crippen molar-refractivity contribution in [3.8, 4) is 0 Å². The predicted molar refractivity (Wildman–Crippen MR) is 42.1 cm³/mol. The van der Waals surface area contributed by atoms with E-state index in [1.165, 1.54) is 0 Å². The molecule has 0 aliphatic rings. The van der Waals surface area contributed by atoms with Crippen LogP contribution in [0.4, 0.5) is 32.2 Å². The van der Waals surface area contributed by atoms with Crippen LogP contribution >= 0.6 is 0 Å². The molecule has 0 fully saturated rings. The summed E-state index contributed by atoms with van der Waals surface area (Å²) in [5.41, 5.74) is -2.13. The number of halogens is 6. The first-order chi connectivity index (χ1) is 7.16. The Bertz CT molecular complexity index is 383. The molecule has 0 radical (unpaired) electrons. The minimum absolute atomic E-state index is 0.269. The zero-order valence-corrected chi connectivity index (χ0v) is 7.45. The Hall–Kier alpha value is -1.51. The van der Waals surface area contributed by atoms with Gasteiger partial charge >= 0.3 is 12.4 Å². The van der Waals surface area contributed by atoms with Gasteiger partial charge < -0.3 is 5.43 Å². The molecule has 3 nitrogen and oxygen atoms in total. The van der Waals surface area contributed by atoms with E-state index >= 15 is 0 Å². The Morgan fingerprint density at radius 1 is 1.00 bits per heavy atom. The molecule has 90 valence electrons. The number of nitrogens with zero attached hydrogens (tertiary/aromatic N) is 1. The quantitative estimate of drug-likeness (QED) is 0.453. The van der Waals surface area contributed by atoms with Crippen LogP contribution in [0.3, 0.4) is 0 Å². The largest absolute Gasteiger partial charge is 0.434 e. The van der Waals surface area contributed by atoms with Crippen molar-refractivity contribution in [3.05, 3.63) is 23.4 Å². The Kier molecular flexibility index (Phi) is 2.99. The molecule has 0 saturated heterocycles. The average Bonchev–Trinajstić information content (AvgIpc) is 2.14. The SMILES string of the molecule is NNc1ccc(C(F)(F)F)c(C(F)(F)F)n1. The van der Waals surface area contributed by atoms with Crippen molar-refractivity contribution in [2.24, 2.45) is 5.84 Å². The Balaban J connectivity index is 3.40. The van der Waals surface area contributed by atoms with Gasteiger partial charge in [0.15, 0.2) is 5.69 Å². The van der Waals surface area contributed by atoms with E-state index in [1.54, 1.807) is 5.43 Å². The summed E-state index contributed by atoms with van der Waals surface area (Å²) in [5, 5.41) is 0. The second-order valence-electron chi connectivity index (χ2n) is 2.73. The van der Waals surface area contributed by atoms with Crippen LogP contribution in [0.25, 0.3) is 0 Å². The number of rotatable bonds is 1. The van der Waals surface area contributed by atoms with E-state index in [0.29, 0.717) is 6.07 Å². The van der Waals surface area contributed by atoms with Crippen LogP contribution in [0.2, 0.25) is 0 Å². The Morgan fingerprint density at radius 2 is 1.56 bits per heavy atom. The lowest BCUT2D eigenvalue weighted by Crippen LogP contribution is -2.20. The van der Waals surface area contributed by atoms with E-state index in [-0.39, 0.29) is 6.07 Å². The van der Waals surface area contributed by atoms with Gasteiger partial charge in [0.05, 0.1) is 5.56 Å². The number of nitrogens with one attached hydrogen (secondary N) is 1.